The SMILES string of the molecule is O=P([O-])([O-])[O-].[Ca+2].[OH-].[Ru+3]. The van der Waals surface area contributed by atoms with Gasteiger partial charge in [-0.2, -0.15) is 7.82 Å². The van der Waals surface area contributed by atoms with Crippen LogP contribution in [0.5, 0.6) is 0 Å². The largest absolute Gasteiger partial charge is 3.00 e. The van der Waals surface area contributed by atoms with Crippen LogP contribution in [-0.4, -0.2) is 43.2 Å². The van der Waals surface area contributed by atoms with Crippen LogP contribution in [0.4, 0.5) is 0 Å². The molecule has 0 aliphatic carbocycles. The van der Waals surface area contributed by atoms with Crippen molar-refractivity contribution < 1.29 is 44.2 Å². The van der Waals surface area contributed by atoms with E-state index in [9.17, 15) is 0 Å². The molecule has 1 N–H and O–H groups in total. The summed E-state index contributed by atoms with van der Waals surface area (Å²) in [5.41, 5.74) is 0. The molecule has 0 aromatic carbocycles. The van der Waals surface area contributed by atoms with Gasteiger partial charge in [-0.3, -0.25) is 0 Å². The Labute approximate surface area is 88.8 Å². The van der Waals surface area contributed by atoms with E-state index in [2.05, 4.69) is 0 Å². The van der Waals surface area contributed by atoms with Gasteiger partial charge in [-0.25, -0.2) is 0 Å². The zero-order valence-electron chi connectivity index (χ0n) is 3.59. The normalized spacial score (nSPS) is 7.38. The Balaban J connectivity index is -0.0000000267. The van der Waals surface area contributed by atoms with Crippen LogP contribution in [0.1, 0.15) is 0 Å². The molecule has 0 aromatic heterocycles. The van der Waals surface area contributed by atoms with Gasteiger partial charge in [-0.15, -0.1) is 0 Å². The smallest absolute Gasteiger partial charge is 0.870 e. The Kier molecular flexibility index (Phi) is 25.2. The fourth-order valence-corrected chi connectivity index (χ4v) is 0. The molecule has 0 heterocycles. The minimum Gasteiger partial charge on any atom is -0.870 e. The fraction of sp³-hybridized carbons (Fsp3) is 0. The molecule has 8 heteroatoms. The van der Waals surface area contributed by atoms with E-state index < -0.39 is 7.82 Å². The summed E-state index contributed by atoms with van der Waals surface area (Å²) in [6, 6.07) is 0. The summed E-state index contributed by atoms with van der Waals surface area (Å²) in [5, 5.41) is 0. The Hall–Kier alpha value is 1.95. The molecule has 0 saturated carbocycles. The molecule has 5 nitrogen and oxygen atoms in total. The maximum Gasteiger partial charge on any atom is 3.00 e. The number of rotatable bonds is 0. The van der Waals surface area contributed by atoms with Gasteiger partial charge in [-0.05, 0) is 0 Å². The summed E-state index contributed by atoms with van der Waals surface area (Å²) in [7, 11) is -5.39. The quantitative estimate of drug-likeness (QED) is 0.330. The first-order chi connectivity index (χ1) is 2.00. The third-order valence-electron chi connectivity index (χ3n) is 0. The predicted molar refractivity (Wildman–Crippen MR) is 15.3 cm³/mol. The van der Waals surface area contributed by atoms with E-state index in [0.29, 0.717) is 0 Å². The second kappa shape index (κ2) is 8.95. The predicted octanol–water partition coefficient (Wildman–Crippen LogP) is -3.38. The summed E-state index contributed by atoms with van der Waals surface area (Å²) in [4.78, 5) is 25.6. The average molecular weight is 253 g/mol. The molecule has 45 valence electrons. The Morgan fingerprint density at radius 3 is 1.12 bits per heavy atom. The summed E-state index contributed by atoms with van der Waals surface area (Å²) >= 11 is 0. The molecule has 0 unspecified atom stereocenters. The Morgan fingerprint density at radius 2 is 1.12 bits per heavy atom. The molecule has 0 fully saturated rings. The minimum absolute atomic E-state index is 0. The van der Waals surface area contributed by atoms with Crippen LogP contribution >= 0.6 is 7.82 Å². The molecule has 1 radical (unpaired) electrons. The standard InChI is InChI=1S/Ca.H3O4P.H2O.Ru/c;1-5(2,3)4;;/h;(H3,1,2,3,4);1H2;/q+2;;;+3/p-4. The van der Waals surface area contributed by atoms with E-state index in [1.807, 2.05) is 0 Å². The molecule has 0 saturated heterocycles. The van der Waals surface area contributed by atoms with Gasteiger partial charge in [0.15, 0.2) is 0 Å². The van der Waals surface area contributed by atoms with Gasteiger partial charge < -0.3 is 24.7 Å². The second-order valence-corrected chi connectivity index (χ2v) is 1.34. The maximum absolute atomic E-state index is 8.55. The topological polar surface area (TPSA) is 116 Å². The van der Waals surface area contributed by atoms with E-state index in [4.69, 9.17) is 19.2 Å². The van der Waals surface area contributed by atoms with Gasteiger partial charge in [0.05, 0.1) is 0 Å². The van der Waals surface area contributed by atoms with Crippen LogP contribution in [0.2, 0.25) is 0 Å². The molecule has 0 aliphatic rings. The van der Waals surface area contributed by atoms with Gasteiger partial charge in [-0.1, -0.05) is 0 Å². The summed E-state index contributed by atoms with van der Waals surface area (Å²) in [6.07, 6.45) is 0. The summed E-state index contributed by atoms with van der Waals surface area (Å²) in [5.74, 6) is 0. The van der Waals surface area contributed by atoms with Crippen molar-refractivity contribution in [1.82, 2.24) is 0 Å². The number of hydrogen-bond acceptors (Lipinski definition) is 5. The van der Waals surface area contributed by atoms with E-state index in [1.54, 1.807) is 0 Å². The maximum atomic E-state index is 8.55. The number of hydrogen-bond donors (Lipinski definition) is 0. The van der Waals surface area contributed by atoms with Gasteiger partial charge in [0.25, 0.3) is 0 Å². The first kappa shape index (κ1) is 22.5. The second-order valence-electron chi connectivity index (χ2n) is 0.447. The van der Waals surface area contributed by atoms with E-state index in [1.165, 1.54) is 0 Å². The third kappa shape index (κ3) is 101. The molecule has 0 aliphatic heterocycles. The molecule has 0 amide bonds. The third-order valence-corrected chi connectivity index (χ3v) is 0. The van der Waals surface area contributed by atoms with Gasteiger partial charge in [0.2, 0.25) is 0 Å². The zero-order chi connectivity index (χ0) is 4.50. The molecule has 0 aromatic rings. The Bertz CT molecular complexity index is 58.6. The summed E-state index contributed by atoms with van der Waals surface area (Å²) < 4.78 is 8.55. The zero-order valence-corrected chi connectivity index (χ0v) is 8.43. The Morgan fingerprint density at radius 1 is 1.12 bits per heavy atom. The van der Waals surface area contributed by atoms with Crippen LogP contribution in [0.3, 0.4) is 0 Å². The van der Waals surface area contributed by atoms with E-state index in [-0.39, 0.29) is 62.7 Å². The molecule has 8 heavy (non-hydrogen) atoms. The fourth-order valence-electron chi connectivity index (χ4n) is 0. The van der Waals surface area contributed by atoms with Crippen molar-refractivity contribution >= 4 is 45.6 Å². The molecule has 0 rings (SSSR count). The van der Waals surface area contributed by atoms with Crippen LogP contribution in [0.25, 0.3) is 0 Å². The van der Waals surface area contributed by atoms with Crippen LogP contribution in [0.15, 0.2) is 0 Å². The van der Waals surface area contributed by atoms with Crippen molar-refractivity contribution in [2.75, 3.05) is 0 Å². The molecular weight excluding hydrogens is 252 g/mol. The van der Waals surface area contributed by atoms with Crippen LogP contribution in [0, 0.1) is 0 Å². The van der Waals surface area contributed by atoms with E-state index in [0.717, 1.165) is 0 Å². The van der Waals surface area contributed by atoms with Crippen molar-refractivity contribution in [3.8, 4) is 0 Å². The molecule has 0 spiro atoms. The molecule has 0 bridgehead atoms. The monoisotopic (exact) mass is 254 g/mol. The minimum atomic E-state index is -5.39. The van der Waals surface area contributed by atoms with Gasteiger partial charge in [0.1, 0.15) is 0 Å². The van der Waals surface area contributed by atoms with Crippen LogP contribution < -0.4 is 14.7 Å². The van der Waals surface area contributed by atoms with Crippen LogP contribution in [-0.2, 0) is 24.0 Å². The number of phosphoric acid groups is 1. The molecule has 0 atom stereocenters. The first-order valence-corrected chi connectivity index (χ1v) is 2.19. The van der Waals surface area contributed by atoms with Gasteiger partial charge in [0, 0.05) is 0 Å². The van der Waals surface area contributed by atoms with E-state index >= 15 is 0 Å². The molecular formula is HCaO5PRu+. The average Bonchev–Trinajstić information content (AvgIpc) is 0.722. The summed E-state index contributed by atoms with van der Waals surface area (Å²) in [6.45, 7) is 0. The first-order valence-electron chi connectivity index (χ1n) is 0.730. The van der Waals surface area contributed by atoms with Crippen molar-refractivity contribution in [1.29, 1.82) is 0 Å². The van der Waals surface area contributed by atoms with Gasteiger partial charge >= 0.3 is 57.2 Å². The van der Waals surface area contributed by atoms with Crippen molar-refractivity contribution in [2.45, 2.75) is 0 Å². The van der Waals surface area contributed by atoms with Crippen molar-refractivity contribution in [3.05, 3.63) is 0 Å². The van der Waals surface area contributed by atoms with Crippen molar-refractivity contribution in [3.63, 3.8) is 0 Å². The van der Waals surface area contributed by atoms with Crippen molar-refractivity contribution in [2.24, 2.45) is 0 Å².